The largest absolute Gasteiger partial charge is 0.396 e. The lowest BCUT2D eigenvalue weighted by Crippen LogP contribution is -2.72. The smallest absolute Gasteiger partial charge is 0.187 e. The third kappa shape index (κ3) is 5.44. The highest BCUT2D eigenvalue weighted by atomic mass is 16.7. The van der Waals surface area contributed by atoms with Gasteiger partial charge in [-0.25, -0.2) is 0 Å². The van der Waals surface area contributed by atoms with Gasteiger partial charge in [-0.3, -0.25) is 0 Å². The Morgan fingerprint density at radius 2 is 1.44 bits per heavy atom. The number of hydrogen-bond donors (Lipinski definition) is 8. The van der Waals surface area contributed by atoms with Crippen LogP contribution in [-0.2, 0) is 23.7 Å². The van der Waals surface area contributed by atoms with Gasteiger partial charge in [-0.1, -0.05) is 53.7 Å². The Balaban J connectivity index is 1.05. The molecule has 0 aromatic carbocycles. The summed E-state index contributed by atoms with van der Waals surface area (Å²) >= 11 is 0. The van der Waals surface area contributed by atoms with Crippen molar-refractivity contribution in [2.75, 3.05) is 19.8 Å². The molecule has 13 heteroatoms. The van der Waals surface area contributed by atoms with E-state index in [2.05, 4.69) is 53.7 Å². The third-order valence-corrected chi connectivity index (χ3v) is 17.9. The molecule has 13 nitrogen and oxygen atoms in total. The number of ether oxygens (including phenoxy) is 5. The summed E-state index contributed by atoms with van der Waals surface area (Å²) in [4.78, 5) is 0. The van der Waals surface area contributed by atoms with E-state index in [0.717, 1.165) is 38.5 Å². The van der Waals surface area contributed by atoms with E-state index in [1.54, 1.807) is 6.92 Å². The maximum absolute atomic E-state index is 12.1. The molecule has 4 saturated carbocycles. The van der Waals surface area contributed by atoms with Gasteiger partial charge in [0.25, 0.3) is 0 Å². The Labute approximate surface area is 325 Å². The molecular formula is C42H68O13. The van der Waals surface area contributed by atoms with Crippen LogP contribution in [0, 0.1) is 50.2 Å². The molecule has 0 amide bonds. The number of allylic oxidation sites excluding steroid dienone is 1. The summed E-state index contributed by atoms with van der Waals surface area (Å²) in [6.07, 6.45) is -3.39. The van der Waals surface area contributed by atoms with Gasteiger partial charge in [0.1, 0.15) is 42.7 Å². The van der Waals surface area contributed by atoms with E-state index in [-0.39, 0.29) is 51.4 Å². The first-order chi connectivity index (χ1) is 25.7. The standard InChI is InChI=1S/C42H68O13/c1-21-28(46)33(55-34-31(49)30(48)29(47)22(18-43)53-34)32(50)35(52-21)54-27-10-11-37(4)23(38(27,5)19-44)8-12-39(6)24(37)9-13-42-25-16-36(2,3)14-15-41(25,20-51-42)26(45)17-40(39,42)7/h9,13,21-35,43-50H,8,10-12,14-20H2,1-7H3/t21-,22?,23-,24-,25?,26?,27+,28?,29?,30?,31-,32-,33?,34?,35+,37+,38+,39-,40+,41-,42?/m1/s1. The Bertz CT molecular complexity index is 1490. The normalized spacial score (nSPS) is 59.7. The SMILES string of the molecule is C[C@H]1O[C@@H](O[C@H]2CC[C@@]3(C)[C@@H](CC[C@]4(C)[C@@H]3C=CC35OC[C@@]6(CCC(C)(C)CC36)C(O)C[C@]54C)[C@]2(C)CO)[C@H](O)C(OC2OC(CO)C(O)C(O)[C@H]2O)C1O. The molecular weight excluding hydrogens is 712 g/mol. The summed E-state index contributed by atoms with van der Waals surface area (Å²) in [6, 6.07) is 0. The van der Waals surface area contributed by atoms with Crippen LogP contribution in [0.2, 0.25) is 0 Å². The first-order valence-corrected chi connectivity index (χ1v) is 20.9. The van der Waals surface area contributed by atoms with Crippen molar-refractivity contribution in [1.82, 2.24) is 0 Å². The van der Waals surface area contributed by atoms with Crippen molar-refractivity contribution in [1.29, 1.82) is 0 Å². The van der Waals surface area contributed by atoms with Gasteiger partial charge in [-0.15, -0.1) is 0 Å². The lowest BCUT2D eigenvalue weighted by Gasteiger charge is -2.73. The second-order valence-electron chi connectivity index (χ2n) is 21.0. The van der Waals surface area contributed by atoms with Gasteiger partial charge >= 0.3 is 0 Å². The fourth-order valence-electron chi connectivity index (χ4n) is 14.3. The molecule has 3 aliphatic heterocycles. The number of aliphatic hydroxyl groups is 8. The van der Waals surface area contributed by atoms with Gasteiger partial charge in [-0.2, -0.15) is 0 Å². The van der Waals surface area contributed by atoms with E-state index >= 15 is 0 Å². The van der Waals surface area contributed by atoms with Crippen molar-refractivity contribution in [2.24, 2.45) is 50.2 Å². The maximum Gasteiger partial charge on any atom is 0.187 e. The van der Waals surface area contributed by atoms with Gasteiger partial charge in [0, 0.05) is 22.2 Å². The minimum atomic E-state index is -1.72. The Kier molecular flexibility index (Phi) is 9.95. The van der Waals surface area contributed by atoms with Crippen LogP contribution >= 0.6 is 0 Å². The molecule has 1 spiro atoms. The maximum atomic E-state index is 12.1. The molecule has 314 valence electrons. The van der Waals surface area contributed by atoms with Crippen LogP contribution in [0.5, 0.6) is 0 Å². The van der Waals surface area contributed by atoms with E-state index in [9.17, 15) is 40.9 Å². The van der Waals surface area contributed by atoms with Crippen LogP contribution in [0.15, 0.2) is 12.2 Å². The lowest BCUT2D eigenvalue weighted by atomic mass is 9.32. The first kappa shape index (κ1) is 41.0. The van der Waals surface area contributed by atoms with Gasteiger partial charge in [0.05, 0.1) is 43.7 Å². The predicted octanol–water partition coefficient (Wildman–Crippen LogP) is 1.78. The van der Waals surface area contributed by atoms with Crippen LogP contribution in [0.25, 0.3) is 0 Å². The Hall–Kier alpha value is -0.780. The fourth-order valence-corrected chi connectivity index (χ4v) is 14.3. The summed E-state index contributed by atoms with van der Waals surface area (Å²) in [7, 11) is 0. The molecule has 0 radical (unpaired) electrons. The Morgan fingerprint density at radius 3 is 2.13 bits per heavy atom. The summed E-state index contributed by atoms with van der Waals surface area (Å²) < 4.78 is 31.2. The van der Waals surface area contributed by atoms with Crippen molar-refractivity contribution in [3.8, 4) is 0 Å². The summed E-state index contributed by atoms with van der Waals surface area (Å²) in [5, 5.41) is 87.0. The predicted molar refractivity (Wildman–Crippen MR) is 197 cm³/mol. The van der Waals surface area contributed by atoms with E-state index in [0.29, 0.717) is 19.4 Å². The second kappa shape index (κ2) is 13.4. The molecule has 8 aliphatic rings. The second-order valence-corrected chi connectivity index (χ2v) is 21.0. The monoisotopic (exact) mass is 780 g/mol. The highest BCUT2D eigenvalue weighted by Gasteiger charge is 2.79. The third-order valence-electron chi connectivity index (χ3n) is 17.9. The van der Waals surface area contributed by atoms with Crippen LogP contribution in [0.3, 0.4) is 0 Å². The average Bonchev–Trinajstić information content (AvgIpc) is 3.41. The molecule has 8 N–H and O–H groups in total. The molecule has 3 saturated heterocycles. The molecule has 21 atom stereocenters. The summed E-state index contributed by atoms with van der Waals surface area (Å²) in [5.41, 5.74) is -1.90. The molecule has 5 aliphatic carbocycles. The zero-order chi connectivity index (χ0) is 39.9. The van der Waals surface area contributed by atoms with Gasteiger partial charge in [0.2, 0.25) is 0 Å². The minimum absolute atomic E-state index is 0.0414. The summed E-state index contributed by atoms with van der Waals surface area (Å²) in [5.74, 6) is 0.449. The molecule has 0 aromatic rings. The minimum Gasteiger partial charge on any atom is -0.396 e. The highest BCUT2D eigenvalue weighted by Crippen LogP contribution is 2.79. The van der Waals surface area contributed by atoms with Crippen molar-refractivity contribution < 1.29 is 64.5 Å². The first-order valence-electron chi connectivity index (χ1n) is 20.9. The van der Waals surface area contributed by atoms with Crippen molar-refractivity contribution >= 4 is 0 Å². The van der Waals surface area contributed by atoms with E-state index in [4.69, 9.17) is 23.7 Å². The van der Waals surface area contributed by atoms with Crippen molar-refractivity contribution in [2.45, 2.75) is 179 Å². The lowest BCUT2D eigenvalue weighted by molar-refractivity contribution is -0.367. The van der Waals surface area contributed by atoms with Crippen LogP contribution < -0.4 is 0 Å². The van der Waals surface area contributed by atoms with Gasteiger partial charge < -0.3 is 64.5 Å². The van der Waals surface area contributed by atoms with Crippen molar-refractivity contribution in [3.63, 3.8) is 0 Å². The van der Waals surface area contributed by atoms with Crippen LogP contribution in [0.1, 0.15) is 99.8 Å². The molecule has 55 heavy (non-hydrogen) atoms. The zero-order valence-electron chi connectivity index (χ0n) is 33.7. The zero-order valence-corrected chi connectivity index (χ0v) is 33.7. The number of hydrogen-bond acceptors (Lipinski definition) is 13. The topological polar surface area (TPSA) is 208 Å². The molecule has 9 unspecified atom stereocenters. The molecule has 0 aromatic heterocycles. The molecule has 2 bridgehead atoms. The molecule has 8 rings (SSSR count). The Morgan fingerprint density at radius 1 is 0.727 bits per heavy atom. The highest BCUT2D eigenvalue weighted by molar-refractivity contribution is 5.36. The number of rotatable bonds is 6. The van der Waals surface area contributed by atoms with E-state index in [1.165, 1.54) is 0 Å². The fraction of sp³-hybridized carbons (Fsp3) is 0.952. The van der Waals surface area contributed by atoms with Gasteiger partial charge in [-0.05, 0) is 86.4 Å². The quantitative estimate of drug-likeness (QED) is 0.143. The number of fused-ring (bicyclic) bond motifs is 4. The van der Waals surface area contributed by atoms with Gasteiger partial charge in [0.15, 0.2) is 12.6 Å². The van der Waals surface area contributed by atoms with E-state index < -0.39 is 91.2 Å². The van der Waals surface area contributed by atoms with Crippen molar-refractivity contribution in [3.05, 3.63) is 12.2 Å². The molecule has 3 heterocycles. The average molecular weight is 781 g/mol. The van der Waals surface area contributed by atoms with E-state index in [1.807, 2.05) is 0 Å². The number of aliphatic hydroxyl groups excluding tert-OH is 8. The summed E-state index contributed by atoms with van der Waals surface area (Å²) in [6.45, 7) is 15.4. The molecule has 7 fully saturated rings. The van der Waals surface area contributed by atoms with Crippen LogP contribution in [0.4, 0.5) is 0 Å². The van der Waals surface area contributed by atoms with Crippen LogP contribution in [-0.4, -0.2) is 140 Å².